The van der Waals surface area contributed by atoms with Crippen LogP contribution in [0.25, 0.3) is 11.1 Å². The summed E-state index contributed by atoms with van der Waals surface area (Å²) < 4.78 is 45.8. The maximum atomic E-state index is 14.8. The van der Waals surface area contributed by atoms with Crippen LogP contribution in [0.2, 0.25) is 0 Å². The summed E-state index contributed by atoms with van der Waals surface area (Å²) in [6, 6.07) is 2.33. The lowest BCUT2D eigenvalue weighted by atomic mass is 9.98. The summed E-state index contributed by atoms with van der Waals surface area (Å²) >= 11 is 0. The fourth-order valence-corrected chi connectivity index (χ4v) is 4.40. The fourth-order valence-electron chi connectivity index (χ4n) is 4.40. The van der Waals surface area contributed by atoms with Crippen LogP contribution >= 0.6 is 0 Å². The molecule has 11 heteroatoms. The zero-order chi connectivity index (χ0) is 26.0. The Bertz CT molecular complexity index is 1120. The van der Waals surface area contributed by atoms with Gasteiger partial charge in [0.1, 0.15) is 5.60 Å². The molecule has 1 aromatic heterocycles. The van der Waals surface area contributed by atoms with Crippen molar-refractivity contribution in [3.05, 3.63) is 42.0 Å². The van der Waals surface area contributed by atoms with Crippen molar-refractivity contribution in [3.8, 4) is 16.9 Å². The standard InChI is InChI=1S/C26H30F2N4O5/c1-26(4-5-26)37-25(34)32-6-2-17(3-7-32)16-36-22-20(27)12-18(13-21(22)28)19-14-29-23(30-15-19)24(33)31-8-10-35-11-9-31/h12-15,17H,2-11,16H2,1H3. The van der Waals surface area contributed by atoms with Crippen LogP contribution in [0.5, 0.6) is 5.75 Å². The molecule has 2 aliphatic heterocycles. The lowest BCUT2D eigenvalue weighted by Gasteiger charge is -2.32. The Morgan fingerprint density at radius 1 is 1.00 bits per heavy atom. The molecule has 198 valence electrons. The number of morpholine rings is 1. The second-order valence-corrected chi connectivity index (χ2v) is 10.0. The third kappa shape index (κ3) is 5.98. The quantitative estimate of drug-likeness (QED) is 0.578. The molecule has 1 aromatic carbocycles. The summed E-state index contributed by atoms with van der Waals surface area (Å²) in [5, 5.41) is 0. The van der Waals surface area contributed by atoms with E-state index in [0.29, 0.717) is 57.8 Å². The monoisotopic (exact) mass is 516 g/mol. The lowest BCUT2D eigenvalue weighted by Crippen LogP contribution is -2.41. The zero-order valence-corrected chi connectivity index (χ0v) is 20.8. The van der Waals surface area contributed by atoms with Crippen LogP contribution < -0.4 is 4.74 Å². The molecule has 2 aromatic rings. The number of hydrogen-bond acceptors (Lipinski definition) is 7. The van der Waals surface area contributed by atoms with Crippen LogP contribution in [-0.2, 0) is 9.47 Å². The molecule has 0 N–H and O–H groups in total. The normalized spacial score (nSPS) is 19.4. The van der Waals surface area contributed by atoms with Crippen LogP contribution in [0.3, 0.4) is 0 Å². The number of halogens is 2. The van der Waals surface area contributed by atoms with Crippen LogP contribution in [0.15, 0.2) is 24.5 Å². The summed E-state index contributed by atoms with van der Waals surface area (Å²) in [6.07, 6.45) is 5.57. The Labute approximate surface area is 213 Å². The second kappa shape index (κ2) is 10.6. The largest absolute Gasteiger partial charge is 0.487 e. The van der Waals surface area contributed by atoms with Gasteiger partial charge in [-0.3, -0.25) is 4.79 Å². The highest BCUT2D eigenvalue weighted by Crippen LogP contribution is 2.39. The van der Waals surface area contributed by atoms with Gasteiger partial charge in [0, 0.05) is 44.1 Å². The molecule has 9 nitrogen and oxygen atoms in total. The van der Waals surface area contributed by atoms with Crippen LogP contribution in [0.1, 0.15) is 43.2 Å². The molecular weight excluding hydrogens is 486 g/mol. The first-order valence-electron chi connectivity index (χ1n) is 12.6. The Morgan fingerprint density at radius 3 is 2.22 bits per heavy atom. The summed E-state index contributed by atoms with van der Waals surface area (Å²) in [5.41, 5.74) is 0.304. The predicted octanol–water partition coefficient (Wildman–Crippen LogP) is 3.67. The summed E-state index contributed by atoms with van der Waals surface area (Å²) in [7, 11) is 0. The van der Waals surface area contributed by atoms with E-state index in [9.17, 15) is 18.4 Å². The maximum absolute atomic E-state index is 14.8. The van der Waals surface area contributed by atoms with Gasteiger partial charge < -0.3 is 24.0 Å². The van der Waals surface area contributed by atoms with Gasteiger partial charge in [0.05, 0.1) is 19.8 Å². The number of piperidine rings is 1. The van der Waals surface area contributed by atoms with Crippen molar-refractivity contribution in [1.29, 1.82) is 0 Å². The number of ether oxygens (including phenoxy) is 3. The van der Waals surface area contributed by atoms with E-state index in [-0.39, 0.29) is 41.5 Å². The van der Waals surface area contributed by atoms with Crippen molar-refractivity contribution < 1.29 is 32.6 Å². The molecule has 1 aliphatic carbocycles. The smallest absolute Gasteiger partial charge is 0.410 e. The highest BCUT2D eigenvalue weighted by molar-refractivity contribution is 5.90. The Hall–Kier alpha value is -3.34. The Kier molecular flexibility index (Phi) is 7.23. The molecule has 3 aliphatic rings. The van der Waals surface area contributed by atoms with Crippen molar-refractivity contribution in [2.24, 2.45) is 5.92 Å². The number of benzene rings is 1. The fraction of sp³-hybridized carbons (Fsp3) is 0.538. The van der Waals surface area contributed by atoms with E-state index in [0.717, 1.165) is 25.0 Å². The average Bonchev–Trinajstić information content (AvgIpc) is 3.64. The predicted molar refractivity (Wildman–Crippen MR) is 128 cm³/mol. The van der Waals surface area contributed by atoms with Gasteiger partial charge in [-0.25, -0.2) is 23.5 Å². The van der Waals surface area contributed by atoms with E-state index >= 15 is 0 Å². The second-order valence-electron chi connectivity index (χ2n) is 10.0. The van der Waals surface area contributed by atoms with Crippen LogP contribution in [0.4, 0.5) is 13.6 Å². The SMILES string of the molecule is CC1(OC(=O)N2CCC(COc3c(F)cc(-c4cnc(C(=O)N5CCOCC5)nc4)cc3F)CC2)CC1. The molecule has 3 heterocycles. The van der Waals surface area contributed by atoms with Crippen molar-refractivity contribution >= 4 is 12.0 Å². The van der Waals surface area contributed by atoms with Crippen LogP contribution in [0, 0.1) is 17.6 Å². The van der Waals surface area contributed by atoms with E-state index in [1.54, 1.807) is 9.80 Å². The van der Waals surface area contributed by atoms with Gasteiger partial charge in [-0.2, -0.15) is 0 Å². The van der Waals surface area contributed by atoms with E-state index in [1.165, 1.54) is 12.4 Å². The topological polar surface area (TPSA) is 94.1 Å². The van der Waals surface area contributed by atoms with Gasteiger partial charge in [-0.1, -0.05) is 0 Å². The Balaban J connectivity index is 1.15. The van der Waals surface area contributed by atoms with E-state index < -0.39 is 17.4 Å². The zero-order valence-electron chi connectivity index (χ0n) is 20.8. The first-order valence-corrected chi connectivity index (χ1v) is 12.6. The molecule has 0 unspecified atom stereocenters. The van der Waals surface area contributed by atoms with Crippen LogP contribution in [-0.4, -0.2) is 83.4 Å². The average molecular weight is 517 g/mol. The first kappa shape index (κ1) is 25.3. The van der Waals surface area contributed by atoms with E-state index in [1.807, 2.05) is 6.92 Å². The molecule has 5 rings (SSSR count). The van der Waals surface area contributed by atoms with Gasteiger partial charge in [-0.05, 0) is 56.2 Å². The molecule has 1 saturated carbocycles. The maximum Gasteiger partial charge on any atom is 0.410 e. The summed E-state index contributed by atoms with van der Waals surface area (Å²) in [5.74, 6) is -2.32. The van der Waals surface area contributed by atoms with Gasteiger partial charge in [-0.15, -0.1) is 0 Å². The number of nitrogens with zero attached hydrogens (tertiary/aromatic N) is 4. The number of likely N-dealkylation sites (tertiary alicyclic amines) is 1. The number of aromatic nitrogens is 2. The minimum atomic E-state index is -0.831. The van der Waals surface area contributed by atoms with Crippen molar-refractivity contribution in [2.45, 2.75) is 38.2 Å². The van der Waals surface area contributed by atoms with E-state index in [4.69, 9.17) is 14.2 Å². The third-order valence-corrected chi connectivity index (χ3v) is 7.10. The number of rotatable bonds is 6. The van der Waals surface area contributed by atoms with Gasteiger partial charge in [0.25, 0.3) is 5.91 Å². The molecule has 2 saturated heterocycles. The lowest BCUT2D eigenvalue weighted by molar-refractivity contribution is 0.0294. The highest BCUT2D eigenvalue weighted by Gasteiger charge is 2.43. The molecule has 2 amide bonds. The number of hydrogen-bond donors (Lipinski definition) is 0. The number of carbonyl (C=O) groups excluding carboxylic acids is 2. The minimum Gasteiger partial charge on any atom is -0.487 e. The number of carbonyl (C=O) groups is 2. The molecule has 0 radical (unpaired) electrons. The van der Waals surface area contributed by atoms with Crippen molar-refractivity contribution in [2.75, 3.05) is 46.0 Å². The highest BCUT2D eigenvalue weighted by atomic mass is 19.1. The molecule has 3 fully saturated rings. The third-order valence-electron chi connectivity index (χ3n) is 7.10. The van der Waals surface area contributed by atoms with Gasteiger partial charge in [0.15, 0.2) is 17.4 Å². The number of amides is 2. The first-order chi connectivity index (χ1) is 17.8. The van der Waals surface area contributed by atoms with Gasteiger partial charge in [0.2, 0.25) is 5.82 Å². The molecule has 0 bridgehead atoms. The summed E-state index contributed by atoms with van der Waals surface area (Å²) in [6.45, 7) is 4.98. The molecule has 0 spiro atoms. The van der Waals surface area contributed by atoms with Crippen molar-refractivity contribution in [1.82, 2.24) is 19.8 Å². The summed E-state index contributed by atoms with van der Waals surface area (Å²) in [4.78, 5) is 36.2. The molecule has 37 heavy (non-hydrogen) atoms. The molecular formula is C26H30F2N4O5. The van der Waals surface area contributed by atoms with Gasteiger partial charge >= 0.3 is 6.09 Å². The van der Waals surface area contributed by atoms with E-state index in [2.05, 4.69) is 9.97 Å². The molecule has 0 atom stereocenters. The van der Waals surface area contributed by atoms with Crippen molar-refractivity contribution in [3.63, 3.8) is 0 Å². The Morgan fingerprint density at radius 2 is 1.62 bits per heavy atom. The minimum absolute atomic E-state index is 0.0209.